The third-order valence-electron chi connectivity index (χ3n) is 4.24. The molecule has 1 aliphatic heterocycles. The van der Waals surface area contributed by atoms with Crippen LogP contribution in [0.5, 0.6) is 5.75 Å². The van der Waals surface area contributed by atoms with Crippen LogP contribution in [0.3, 0.4) is 0 Å². The fourth-order valence-electron chi connectivity index (χ4n) is 3.03. The molecule has 26 heavy (non-hydrogen) atoms. The Kier molecular flexibility index (Phi) is 4.53. The van der Waals surface area contributed by atoms with Gasteiger partial charge in [0.05, 0.1) is 4.88 Å². The number of benzene rings is 2. The van der Waals surface area contributed by atoms with E-state index in [9.17, 15) is 4.79 Å². The Morgan fingerprint density at radius 1 is 1.23 bits per heavy atom. The average molecular weight is 386 g/mol. The molecular formula is C19H16ClN3O2S. The first-order chi connectivity index (χ1) is 12.6. The van der Waals surface area contributed by atoms with Gasteiger partial charge in [-0.3, -0.25) is 4.79 Å². The van der Waals surface area contributed by atoms with Crippen LogP contribution in [0.25, 0.3) is 0 Å². The van der Waals surface area contributed by atoms with Crippen LogP contribution in [0.15, 0.2) is 48.5 Å². The zero-order chi connectivity index (χ0) is 18.1. The van der Waals surface area contributed by atoms with Crippen LogP contribution in [-0.2, 0) is 11.4 Å². The number of fused-ring (bicyclic) bond motifs is 1. The van der Waals surface area contributed by atoms with E-state index >= 15 is 0 Å². The fraction of sp³-hybridized carbons (Fsp3) is 0.158. The van der Waals surface area contributed by atoms with Crippen molar-refractivity contribution in [2.75, 3.05) is 11.1 Å². The van der Waals surface area contributed by atoms with E-state index in [1.54, 1.807) is 0 Å². The molecule has 0 fully saturated rings. The normalized spacial score (nSPS) is 16.0. The van der Waals surface area contributed by atoms with Crippen molar-refractivity contribution < 1.29 is 9.53 Å². The smallest absolute Gasteiger partial charge is 0.226 e. The van der Waals surface area contributed by atoms with Crippen molar-refractivity contribution in [3.8, 4) is 5.75 Å². The molecule has 3 N–H and O–H groups in total. The Morgan fingerprint density at radius 3 is 2.81 bits per heavy atom. The quantitative estimate of drug-likeness (QED) is 0.696. The minimum absolute atomic E-state index is 0.0692. The molecule has 3 aromatic rings. The van der Waals surface area contributed by atoms with Gasteiger partial charge in [0, 0.05) is 22.9 Å². The number of carbonyl (C=O) groups excluding carboxylic acids is 1. The van der Waals surface area contributed by atoms with Crippen LogP contribution >= 0.6 is 22.9 Å². The summed E-state index contributed by atoms with van der Waals surface area (Å²) < 4.78 is 6.05. The molecule has 0 radical (unpaired) electrons. The molecule has 2 heterocycles. The van der Waals surface area contributed by atoms with E-state index in [1.165, 1.54) is 11.3 Å². The molecule has 0 unspecified atom stereocenters. The first-order valence-electron chi connectivity index (χ1n) is 8.12. The number of ether oxygens (including phenoxy) is 1. The maximum Gasteiger partial charge on any atom is 0.226 e. The second kappa shape index (κ2) is 6.97. The number of aromatic nitrogens is 1. The Balaban J connectivity index is 1.63. The summed E-state index contributed by atoms with van der Waals surface area (Å²) in [6.45, 7) is 0.421. The van der Waals surface area contributed by atoms with Gasteiger partial charge < -0.3 is 15.8 Å². The number of thiazole rings is 1. The van der Waals surface area contributed by atoms with Crippen molar-refractivity contribution >= 4 is 39.8 Å². The number of hydrogen-bond donors (Lipinski definition) is 2. The zero-order valence-electron chi connectivity index (χ0n) is 13.7. The molecule has 2 aromatic carbocycles. The van der Waals surface area contributed by atoms with Crippen LogP contribution in [-0.4, -0.2) is 10.9 Å². The van der Waals surface area contributed by atoms with E-state index in [1.807, 2.05) is 48.5 Å². The summed E-state index contributed by atoms with van der Waals surface area (Å²) in [4.78, 5) is 17.3. The van der Waals surface area contributed by atoms with E-state index in [0.717, 1.165) is 21.8 Å². The van der Waals surface area contributed by atoms with Crippen LogP contribution in [0, 0.1) is 0 Å². The lowest BCUT2D eigenvalue weighted by Crippen LogP contribution is -2.23. The number of rotatable bonds is 4. The number of nitrogen functional groups attached to an aromatic ring is 1. The summed E-state index contributed by atoms with van der Waals surface area (Å²) in [5, 5.41) is 3.93. The van der Waals surface area contributed by atoms with Crippen LogP contribution in [0.1, 0.15) is 28.3 Å². The minimum atomic E-state index is -0.116. The van der Waals surface area contributed by atoms with Crippen molar-refractivity contribution in [3.63, 3.8) is 0 Å². The van der Waals surface area contributed by atoms with Crippen molar-refractivity contribution in [3.05, 3.63) is 69.6 Å². The van der Waals surface area contributed by atoms with E-state index in [2.05, 4.69) is 10.3 Å². The van der Waals surface area contributed by atoms with Crippen molar-refractivity contribution in [1.29, 1.82) is 0 Å². The number of para-hydroxylation sites is 1. The molecule has 7 heteroatoms. The molecule has 0 saturated carbocycles. The number of nitrogens with one attached hydrogen (secondary N) is 1. The van der Waals surface area contributed by atoms with Gasteiger partial charge in [-0.15, -0.1) is 0 Å². The molecule has 1 atom stereocenters. The summed E-state index contributed by atoms with van der Waals surface area (Å²) in [5.74, 6) is 1.12. The Morgan fingerprint density at radius 2 is 2.00 bits per heavy atom. The fourth-order valence-corrected chi connectivity index (χ4v) is 4.06. The summed E-state index contributed by atoms with van der Waals surface area (Å²) in [6.07, 6.45) is 0.343. The SMILES string of the molecule is Nc1nc2c(s1)[C@@H](c1ccccc1OCc1ccc(Cl)cc1)CC(=O)N2. The molecule has 4 rings (SSSR count). The zero-order valence-corrected chi connectivity index (χ0v) is 15.3. The van der Waals surface area contributed by atoms with E-state index in [4.69, 9.17) is 22.1 Å². The standard InChI is InChI=1S/C19H16ClN3O2S/c20-12-7-5-11(6-8-12)10-25-15-4-2-1-3-13(15)14-9-16(24)22-18-17(14)26-19(21)23-18/h1-8,14H,9-10H2,(H2,21,23)(H,22,24)/t14-/m1/s1. The highest BCUT2D eigenvalue weighted by Crippen LogP contribution is 2.44. The van der Waals surface area contributed by atoms with Crippen molar-refractivity contribution in [1.82, 2.24) is 4.98 Å². The van der Waals surface area contributed by atoms with Gasteiger partial charge in [0.25, 0.3) is 0 Å². The van der Waals surface area contributed by atoms with E-state index in [0.29, 0.717) is 29.0 Å². The molecule has 5 nitrogen and oxygen atoms in total. The van der Waals surface area contributed by atoms with E-state index in [-0.39, 0.29) is 11.8 Å². The third-order valence-corrected chi connectivity index (χ3v) is 5.49. The molecule has 0 aliphatic carbocycles. The van der Waals surface area contributed by atoms with Gasteiger partial charge in [-0.1, -0.05) is 53.3 Å². The number of carbonyl (C=O) groups is 1. The predicted molar refractivity (Wildman–Crippen MR) is 104 cm³/mol. The lowest BCUT2D eigenvalue weighted by molar-refractivity contribution is -0.116. The van der Waals surface area contributed by atoms with Gasteiger partial charge in [0.2, 0.25) is 5.91 Å². The number of nitrogens with zero attached hydrogens (tertiary/aromatic N) is 1. The highest BCUT2D eigenvalue weighted by Gasteiger charge is 2.31. The summed E-state index contributed by atoms with van der Waals surface area (Å²) >= 11 is 7.33. The number of halogens is 1. The highest BCUT2D eigenvalue weighted by atomic mass is 35.5. The Bertz CT molecular complexity index is 956. The molecule has 1 aromatic heterocycles. The Labute approximate surface area is 159 Å². The lowest BCUT2D eigenvalue weighted by Gasteiger charge is -2.23. The second-order valence-electron chi connectivity index (χ2n) is 6.02. The number of nitrogens with two attached hydrogens (primary N) is 1. The molecule has 0 bridgehead atoms. The van der Waals surface area contributed by atoms with Gasteiger partial charge >= 0.3 is 0 Å². The van der Waals surface area contributed by atoms with Crippen molar-refractivity contribution in [2.24, 2.45) is 0 Å². The van der Waals surface area contributed by atoms with Gasteiger partial charge in [-0.05, 0) is 23.8 Å². The topological polar surface area (TPSA) is 77.2 Å². The van der Waals surface area contributed by atoms with Crippen molar-refractivity contribution in [2.45, 2.75) is 18.9 Å². The monoisotopic (exact) mass is 385 g/mol. The van der Waals surface area contributed by atoms with Crippen LogP contribution in [0.4, 0.5) is 10.9 Å². The van der Waals surface area contributed by atoms with Crippen LogP contribution in [0.2, 0.25) is 5.02 Å². The molecule has 0 spiro atoms. The molecule has 1 aliphatic rings. The average Bonchev–Trinajstić information content (AvgIpc) is 3.01. The summed E-state index contributed by atoms with van der Waals surface area (Å²) in [7, 11) is 0. The summed E-state index contributed by atoms with van der Waals surface area (Å²) in [6, 6.07) is 15.3. The first kappa shape index (κ1) is 16.9. The predicted octanol–water partition coefficient (Wildman–Crippen LogP) is 4.43. The van der Waals surface area contributed by atoms with Gasteiger partial charge in [-0.2, -0.15) is 0 Å². The lowest BCUT2D eigenvalue weighted by atomic mass is 9.91. The largest absolute Gasteiger partial charge is 0.489 e. The molecule has 1 amide bonds. The van der Waals surface area contributed by atoms with Crippen LogP contribution < -0.4 is 15.8 Å². The van der Waals surface area contributed by atoms with Gasteiger partial charge in [0.1, 0.15) is 18.2 Å². The highest BCUT2D eigenvalue weighted by molar-refractivity contribution is 7.16. The van der Waals surface area contributed by atoms with E-state index < -0.39 is 0 Å². The minimum Gasteiger partial charge on any atom is -0.489 e. The maximum absolute atomic E-state index is 12.1. The first-order valence-corrected chi connectivity index (χ1v) is 9.32. The maximum atomic E-state index is 12.1. The second-order valence-corrected chi connectivity index (χ2v) is 7.52. The third kappa shape index (κ3) is 3.38. The molecular weight excluding hydrogens is 370 g/mol. The number of amides is 1. The number of hydrogen-bond acceptors (Lipinski definition) is 5. The summed E-state index contributed by atoms with van der Waals surface area (Å²) in [5.41, 5.74) is 7.82. The van der Waals surface area contributed by atoms with Gasteiger partial charge in [-0.25, -0.2) is 4.98 Å². The van der Waals surface area contributed by atoms with Gasteiger partial charge in [0.15, 0.2) is 5.13 Å². The Hall–Kier alpha value is -2.57. The molecule has 0 saturated heterocycles. The number of anilines is 2. The molecule has 132 valence electrons.